The van der Waals surface area contributed by atoms with Gasteiger partial charge in [-0.15, -0.1) is 0 Å². The maximum atomic E-state index is 6.15. The van der Waals surface area contributed by atoms with E-state index in [0.29, 0.717) is 5.54 Å². The number of hydrogen-bond donors (Lipinski definition) is 1. The van der Waals surface area contributed by atoms with E-state index in [1.165, 1.54) is 51.6 Å². The summed E-state index contributed by atoms with van der Waals surface area (Å²) in [5.74, 6) is 1.72. The van der Waals surface area contributed by atoms with Crippen LogP contribution >= 0.6 is 0 Å². The second-order valence-corrected chi connectivity index (χ2v) is 5.96. The molecular weight excluding hydrogens is 196 g/mol. The molecule has 3 unspecified atom stereocenters. The molecule has 0 bridgehead atoms. The average molecular weight is 224 g/mol. The minimum absolute atomic E-state index is 0.349. The maximum absolute atomic E-state index is 6.15. The van der Waals surface area contributed by atoms with E-state index in [0.717, 1.165) is 18.4 Å². The summed E-state index contributed by atoms with van der Waals surface area (Å²) in [6, 6.07) is 0. The van der Waals surface area contributed by atoms with Gasteiger partial charge in [-0.1, -0.05) is 33.1 Å². The van der Waals surface area contributed by atoms with Crippen molar-refractivity contribution in [2.24, 2.45) is 17.6 Å². The zero-order chi connectivity index (χ0) is 11.6. The molecule has 94 valence electrons. The lowest BCUT2D eigenvalue weighted by Crippen LogP contribution is -2.58. The van der Waals surface area contributed by atoms with Gasteiger partial charge in [-0.3, -0.25) is 4.90 Å². The Balaban J connectivity index is 2.08. The Morgan fingerprint density at radius 2 is 2.12 bits per heavy atom. The molecule has 16 heavy (non-hydrogen) atoms. The fourth-order valence-corrected chi connectivity index (χ4v) is 3.87. The van der Waals surface area contributed by atoms with Gasteiger partial charge >= 0.3 is 0 Å². The second-order valence-electron chi connectivity index (χ2n) is 5.96. The van der Waals surface area contributed by atoms with E-state index in [2.05, 4.69) is 18.7 Å². The van der Waals surface area contributed by atoms with Crippen LogP contribution in [0.15, 0.2) is 0 Å². The first-order valence-corrected chi connectivity index (χ1v) is 7.18. The Kier molecular flexibility index (Phi) is 3.91. The van der Waals surface area contributed by atoms with E-state index in [1.807, 2.05) is 0 Å². The molecular formula is C14H28N2. The van der Waals surface area contributed by atoms with E-state index in [9.17, 15) is 0 Å². The molecule has 0 aromatic heterocycles. The van der Waals surface area contributed by atoms with Crippen LogP contribution in [-0.4, -0.2) is 30.1 Å². The first-order chi connectivity index (χ1) is 7.73. The van der Waals surface area contributed by atoms with Crippen molar-refractivity contribution in [3.8, 4) is 0 Å². The van der Waals surface area contributed by atoms with Crippen molar-refractivity contribution in [2.45, 2.75) is 57.9 Å². The summed E-state index contributed by atoms with van der Waals surface area (Å²) < 4.78 is 0. The summed E-state index contributed by atoms with van der Waals surface area (Å²) in [4.78, 5) is 2.74. The molecule has 2 N–H and O–H groups in total. The molecule has 0 aromatic carbocycles. The number of likely N-dealkylation sites (tertiary alicyclic amines) is 1. The molecule has 0 amide bonds. The molecule has 1 aliphatic carbocycles. The number of nitrogens with zero attached hydrogens (tertiary/aromatic N) is 1. The molecule has 0 aromatic rings. The van der Waals surface area contributed by atoms with Crippen LogP contribution in [0.4, 0.5) is 0 Å². The van der Waals surface area contributed by atoms with Gasteiger partial charge in [0.05, 0.1) is 0 Å². The first-order valence-electron chi connectivity index (χ1n) is 7.18. The molecule has 0 spiro atoms. The number of rotatable bonds is 3. The van der Waals surface area contributed by atoms with Crippen molar-refractivity contribution in [3.63, 3.8) is 0 Å². The molecule has 2 nitrogen and oxygen atoms in total. The van der Waals surface area contributed by atoms with Crippen molar-refractivity contribution >= 4 is 0 Å². The Hall–Kier alpha value is -0.0800. The highest BCUT2D eigenvalue weighted by molar-refractivity contribution is 5.00. The number of hydrogen-bond acceptors (Lipinski definition) is 2. The largest absolute Gasteiger partial charge is 0.329 e. The van der Waals surface area contributed by atoms with Gasteiger partial charge in [0.2, 0.25) is 0 Å². The van der Waals surface area contributed by atoms with Gasteiger partial charge in [0.25, 0.3) is 0 Å². The van der Waals surface area contributed by atoms with Crippen LogP contribution < -0.4 is 5.73 Å². The Labute approximate surface area is 101 Å². The Bertz CT molecular complexity index is 229. The summed E-state index contributed by atoms with van der Waals surface area (Å²) in [6.45, 7) is 8.21. The topological polar surface area (TPSA) is 29.3 Å². The predicted octanol–water partition coefficient (Wildman–Crippen LogP) is 2.63. The minimum atomic E-state index is 0.349. The summed E-state index contributed by atoms with van der Waals surface area (Å²) in [6.07, 6.45) is 8.24. The monoisotopic (exact) mass is 224 g/mol. The van der Waals surface area contributed by atoms with E-state index in [1.54, 1.807) is 0 Å². The van der Waals surface area contributed by atoms with Crippen LogP contribution in [0, 0.1) is 11.8 Å². The van der Waals surface area contributed by atoms with Gasteiger partial charge in [-0.05, 0) is 37.6 Å². The summed E-state index contributed by atoms with van der Waals surface area (Å²) in [5.41, 5.74) is 6.50. The predicted molar refractivity (Wildman–Crippen MR) is 69.4 cm³/mol. The smallest absolute Gasteiger partial charge is 0.0357 e. The highest BCUT2D eigenvalue weighted by Crippen LogP contribution is 2.40. The maximum Gasteiger partial charge on any atom is 0.0357 e. The van der Waals surface area contributed by atoms with Crippen molar-refractivity contribution in [2.75, 3.05) is 19.6 Å². The van der Waals surface area contributed by atoms with E-state index in [-0.39, 0.29) is 0 Å². The fourth-order valence-electron chi connectivity index (χ4n) is 3.87. The molecule has 2 aliphatic rings. The highest BCUT2D eigenvalue weighted by atomic mass is 15.2. The van der Waals surface area contributed by atoms with Crippen LogP contribution in [-0.2, 0) is 0 Å². The second kappa shape index (κ2) is 5.05. The van der Waals surface area contributed by atoms with E-state index in [4.69, 9.17) is 5.73 Å². The lowest BCUT2D eigenvalue weighted by molar-refractivity contribution is 0.0289. The van der Waals surface area contributed by atoms with Crippen molar-refractivity contribution in [1.82, 2.24) is 4.90 Å². The van der Waals surface area contributed by atoms with E-state index >= 15 is 0 Å². The third kappa shape index (κ3) is 2.02. The normalized spacial score (nSPS) is 41.4. The highest BCUT2D eigenvalue weighted by Gasteiger charge is 2.44. The fraction of sp³-hybridized carbons (Fsp3) is 1.00. The Morgan fingerprint density at radius 3 is 2.69 bits per heavy atom. The molecule has 2 heteroatoms. The lowest BCUT2D eigenvalue weighted by Gasteiger charge is -2.49. The molecule has 0 radical (unpaired) electrons. The zero-order valence-electron chi connectivity index (χ0n) is 11.0. The molecule has 1 saturated carbocycles. The third-order valence-electron chi connectivity index (χ3n) is 5.26. The van der Waals surface area contributed by atoms with Crippen LogP contribution in [0.5, 0.6) is 0 Å². The SMILES string of the molecule is CCC1CCN(C2(CN)CCCCC2C)C1. The van der Waals surface area contributed by atoms with Crippen LogP contribution in [0.2, 0.25) is 0 Å². The molecule has 1 heterocycles. The van der Waals surface area contributed by atoms with Crippen molar-refractivity contribution in [1.29, 1.82) is 0 Å². The van der Waals surface area contributed by atoms with Gasteiger partial charge in [0, 0.05) is 18.6 Å². The van der Waals surface area contributed by atoms with E-state index < -0.39 is 0 Å². The van der Waals surface area contributed by atoms with Gasteiger partial charge in [-0.2, -0.15) is 0 Å². The van der Waals surface area contributed by atoms with Gasteiger partial charge in [0.1, 0.15) is 0 Å². The average Bonchev–Trinajstić information content (AvgIpc) is 2.79. The van der Waals surface area contributed by atoms with Gasteiger partial charge in [0.15, 0.2) is 0 Å². The molecule has 1 aliphatic heterocycles. The third-order valence-corrected chi connectivity index (χ3v) is 5.26. The zero-order valence-corrected chi connectivity index (χ0v) is 11.0. The molecule has 1 saturated heterocycles. The van der Waals surface area contributed by atoms with Crippen LogP contribution in [0.3, 0.4) is 0 Å². The van der Waals surface area contributed by atoms with Gasteiger partial charge < -0.3 is 5.73 Å². The quantitative estimate of drug-likeness (QED) is 0.798. The van der Waals surface area contributed by atoms with Crippen molar-refractivity contribution in [3.05, 3.63) is 0 Å². The first kappa shape index (κ1) is 12.4. The molecule has 3 atom stereocenters. The van der Waals surface area contributed by atoms with Crippen molar-refractivity contribution < 1.29 is 0 Å². The van der Waals surface area contributed by atoms with Crippen LogP contribution in [0.1, 0.15) is 52.4 Å². The Morgan fingerprint density at radius 1 is 1.31 bits per heavy atom. The lowest BCUT2D eigenvalue weighted by atomic mass is 9.72. The summed E-state index contributed by atoms with van der Waals surface area (Å²) in [5, 5.41) is 0. The summed E-state index contributed by atoms with van der Waals surface area (Å²) in [7, 11) is 0. The van der Waals surface area contributed by atoms with Gasteiger partial charge in [-0.25, -0.2) is 0 Å². The number of nitrogens with two attached hydrogens (primary N) is 1. The standard InChI is InChI=1S/C14H28N2/c1-3-13-7-9-16(10-13)14(11-15)8-5-4-6-12(14)2/h12-13H,3-11,15H2,1-2H3. The summed E-state index contributed by atoms with van der Waals surface area (Å²) >= 11 is 0. The van der Waals surface area contributed by atoms with Crippen LogP contribution in [0.25, 0.3) is 0 Å². The minimum Gasteiger partial charge on any atom is -0.329 e. The molecule has 2 fully saturated rings. The molecule has 2 rings (SSSR count).